The van der Waals surface area contributed by atoms with E-state index in [0.717, 1.165) is 74.3 Å². The van der Waals surface area contributed by atoms with Crippen molar-refractivity contribution in [2.75, 3.05) is 38.0 Å². The van der Waals surface area contributed by atoms with Gasteiger partial charge >= 0.3 is 0 Å². The van der Waals surface area contributed by atoms with Gasteiger partial charge in [-0.05, 0) is 30.9 Å². The van der Waals surface area contributed by atoms with Crippen molar-refractivity contribution < 1.29 is 14.6 Å². The fourth-order valence-electron chi connectivity index (χ4n) is 4.96. The highest BCUT2D eigenvalue weighted by Gasteiger charge is 2.26. The van der Waals surface area contributed by atoms with Crippen molar-refractivity contribution in [3.05, 3.63) is 71.4 Å². The summed E-state index contributed by atoms with van der Waals surface area (Å²) in [7, 11) is 0. The number of para-hydroxylation sites is 1. The van der Waals surface area contributed by atoms with Crippen molar-refractivity contribution in [2.45, 2.75) is 25.8 Å². The topological polar surface area (TPSA) is 50.9 Å². The molecule has 0 bridgehead atoms. The molecular formula is C25H30N4O+2. The Labute approximate surface area is 177 Å². The number of nitrogens with zero attached hydrogens (tertiary/aromatic N) is 1. The van der Waals surface area contributed by atoms with E-state index in [-0.39, 0.29) is 5.91 Å². The van der Waals surface area contributed by atoms with Gasteiger partial charge in [-0.15, -0.1) is 0 Å². The molecule has 2 aliphatic rings. The summed E-state index contributed by atoms with van der Waals surface area (Å²) in [4.78, 5) is 20.8. The van der Waals surface area contributed by atoms with E-state index in [2.05, 4.69) is 41.7 Å². The lowest BCUT2D eigenvalue weighted by atomic mass is 10.1. The number of benzene rings is 2. The highest BCUT2D eigenvalue weighted by molar-refractivity contribution is 6.03. The van der Waals surface area contributed by atoms with Crippen LogP contribution >= 0.6 is 0 Å². The van der Waals surface area contributed by atoms with Crippen molar-refractivity contribution in [3.63, 3.8) is 0 Å². The Morgan fingerprint density at radius 2 is 1.63 bits per heavy atom. The number of nitrogens with one attached hydrogen (secondary N) is 3. The van der Waals surface area contributed by atoms with E-state index >= 15 is 0 Å². The lowest BCUT2D eigenvalue weighted by molar-refractivity contribution is -1.02. The number of anilines is 1. The van der Waals surface area contributed by atoms with Crippen molar-refractivity contribution in [1.29, 1.82) is 0 Å². The molecule has 0 spiro atoms. The smallest absolute Gasteiger partial charge is 0.279 e. The number of aromatic nitrogens is 1. The summed E-state index contributed by atoms with van der Waals surface area (Å²) in [5.41, 5.74) is 5.79. The molecule has 5 rings (SSSR count). The van der Waals surface area contributed by atoms with Gasteiger partial charge in [0, 0.05) is 16.6 Å². The number of hydrogen-bond donors (Lipinski definition) is 3. The number of carbonyl (C=O) groups is 1. The van der Waals surface area contributed by atoms with Gasteiger partial charge in [0.15, 0.2) is 6.54 Å². The molecular weight excluding hydrogens is 372 g/mol. The van der Waals surface area contributed by atoms with Crippen molar-refractivity contribution >= 4 is 22.5 Å². The van der Waals surface area contributed by atoms with E-state index in [9.17, 15) is 4.79 Å². The molecule has 3 N–H and O–H groups in total. The molecule has 2 heterocycles. The molecule has 1 aromatic heterocycles. The first-order chi connectivity index (χ1) is 14.8. The van der Waals surface area contributed by atoms with E-state index in [1.807, 2.05) is 18.2 Å². The second-order valence-electron chi connectivity index (χ2n) is 8.67. The largest absolute Gasteiger partial charge is 0.322 e. The highest BCUT2D eigenvalue weighted by atomic mass is 16.2. The average Bonchev–Trinajstić information content (AvgIpc) is 3.24. The van der Waals surface area contributed by atoms with Crippen molar-refractivity contribution in [2.24, 2.45) is 0 Å². The van der Waals surface area contributed by atoms with Crippen LogP contribution in [-0.2, 0) is 24.2 Å². The van der Waals surface area contributed by atoms with Crippen LogP contribution in [-0.4, -0.2) is 43.6 Å². The number of aryl methyl sites for hydroxylation is 1. The molecule has 0 atom stereocenters. The Morgan fingerprint density at radius 1 is 0.900 bits per heavy atom. The summed E-state index contributed by atoms with van der Waals surface area (Å²) in [5.74, 6) is 0.127. The van der Waals surface area contributed by atoms with E-state index < -0.39 is 0 Å². The van der Waals surface area contributed by atoms with E-state index in [1.54, 1.807) is 4.90 Å². The molecule has 0 unspecified atom stereocenters. The zero-order valence-corrected chi connectivity index (χ0v) is 17.4. The van der Waals surface area contributed by atoms with Gasteiger partial charge < -0.3 is 15.1 Å². The lowest BCUT2D eigenvalue weighted by Crippen LogP contribution is -3.28. The number of carbonyl (C=O) groups excluding carboxylic acids is 1. The fraction of sp³-hybridized carbons (Fsp3) is 0.360. The second-order valence-corrected chi connectivity index (χ2v) is 8.67. The number of hydrogen-bond acceptors (Lipinski definition) is 2. The predicted molar refractivity (Wildman–Crippen MR) is 119 cm³/mol. The molecule has 1 aliphatic carbocycles. The summed E-state index contributed by atoms with van der Waals surface area (Å²) in [6.07, 6.45) is 3.15. The molecule has 1 saturated heterocycles. The third-order valence-electron chi connectivity index (χ3n) is 6.56. The molecule has 5 nitrogen and oxygen atoms in total. The van der Waals surface area contributed by atoms with Gasteiger partial charge in [-0.2, -0.15) is 0 Å². The minimum Gasteiger partial charge on any atom is -0.322 e. The maximum Gasteiger partial charge on any atom is 0.279 e. The zero-order chi connectivity index (χ0) is 20.3. The SMILES string of the molecule is O=C(C[NH+]1CC[NH+](Cc2ccccc2)CC1)Nc1c2c(nc3ccccc13)CCC2. The van der Waals surface area contributed by atoms with Crippen LogP contribution in [0.4, 0.5) is 5.69 Å². The standard InChI is InChI=1S/C25H28N4O/c30-24(18-29-15-13-28(14-16-29)17-19-7-2-1-3-8-19)27-25-20-9-4-5-11-22(20)26-23-12-6-10-21(23)25/h1-5,7-9,11H,6,10,12-18H2,(H,26,27,30)/p+2. The number of piperazine rings is 1. The summed E-state index contributed by atoms with van der Waals surface area (Å²) in [6, 6.07) is 18.9. The van der Waals surface area contributed by atoms with Gasteiger partial charge in [0.2, 0.25) is 0 Å². The third-order valence-corrected chi connectivity index (χ3v) is 6.56. The van der Waals surface area contributed by atoms with Gasteiger partial charge in [0.25, 0.3) is 5.91 Å². The average molecular weight is 403 g/mol. The monoisotopic (exact) mass is 402 g/mol. The van der Waals surface area contributed by atoms with Gasteiger partial charge in [-0.3, -0.25) is 9.78 Å². The molecule has 154 valence electrons. The van der Waals surface area contributed by atoms with Crippen LogP contribution in [0.2, 0.25) is 0 Å². The Morgan fingerprint density at radius 3 is 2.47 bits per heavy atom. The number of fused-ring (bicyclic) bond motifs is 2. The highest BCUT2D eigenvalue weighted by Crippen LogP contribution is 2.33. The maximum atomic E-state index is 12.9. The molecule has 1 fully saturated rings. The minimum atomic E-state index is 0.127. The number of quaternary nitrogens is 2. The quantitative estimate of drug-likeness (QED) is 0.587. The third kappa shape index (κ3) is 4.09. The number of amides is 1. The Kier molecular flexibility index (Phi) is 5.47. The predicted octanol–water partition coefficient (Wildman–Crippen LogP) is 0.646. The molecule has 1 amide bonds. The van der Waals surface area contributed by atoms with Crippen molar-refractivity contribution in [1.82, 2.24) is 4.98 Å². The number of pyridine rings is 1. The maximum absolute atomic E-state index is 12.9. The molecule has 5 heteroatoms. The van der Waals surface area contributed by atoms with Crippen LogP contribution in [0, 0.1) is 0 Å². The molecule has 2 aromatic carbocycles. The van der Waals surface area contributed by atoms with Gasteiger partial charge in [0.05, 0.1) is 11.2 Å². The van der Waals surface area contributed by atoms with E-state index in [1.165, 1.54) is 16.0 Å². The molecule has 30 heavy (non-hydrogen) atoms. The zero-order valence-electron chi connectivity index (χ0n) is 17.4. The van der Waals surface area contributed by atoms with Gasteiger partial charge in [-0.25, -0.2) is 0 Å². The minimum absolute atomic E-state index is 0.127. The first kappa shape index (κ1) is 19.2. The molecule has 3 aromatic rings. The van der Waals surface area contributed by atoms with Crippen LogP contribution in [0.1, 0.15) is 23.2 Å². The molecule has 1 aliphatic heterocycles. The second kappa shape index (κ2) is 8.54. The number of rotatable bonds is 5. The van der Waals surface area contributed by atoms with Crippen LogP contribution in [0.15, 0.2) is 54.6 Å². The Bertz CT molecular complexity index is 1040. The summed E-state index contributed by atoms with van der Waals surface area (Å²) in [5, 5.41) is 4.35. The van der Waals surface area contributed by atoms with Gasteiger partial charge in [-0.1, -0.05) is 48.5 Å². The Hall–Kier alpha value is -2.76. The first-order valence-corrected chi connectivity index (χ1v) is 11.2. The van der Waals surface area contributed by atoms with Gasteiger partial charge in [0.1, 0.15) is 32.7 Å². The first-order valence-electron chi connectivity index (χ1n) is 11.2. The van der Waals surface area contributed by atoms with E-state index in [4.69, 9.17) is 4.98 Å². The van der Waals surface area contributed by atoms with Crippen LogP contribution in [0.25, 0.3) is 10.9 Å². The fourth-order valence-corrected chi connectivity index (χ4v) is 4.96. The van der Waals surface area contributed by atoms with E-state index in [0.29, 0.717) is 6.54 Å². The van der Waals surface area contributed by atoms with Crippen molar-refractivity contribution in [3.8, 4) is 0 Å². The molecule has 0 saturated carbocycles. The summed E-state index contributed by atoms with van der Waals surface area (Å²) >= 11 is 0. The lowest BCUT2D eigenvalue weighted by Gasteiger charge is -2.29. The molecule has 0 radical (unpaired) electrons. The normalized spacial score (nSPS) is 20.8. The Balaban J connectivity index is 1.22. The van der Waals surface area contributed by atoms with Crippen LogP contribution < -0.4 is 15.1 Å². The van der Waals surface area contributed by atoms with Crippen LogP contribution in [0.5, 0.6) is 0 Å². The summed E-state index contributed by atoms with van der Waals surface area (Å²) in [6.45, 7) is 5.95. The van der Waals surface area contributed by atoms with Crippen LogP contribution in [0.3, 0.4) is 0 Å². The summed E-state index contributed by atoms with van der Waals surface area (Å²) < 4.78 is 0.